The van der Waals surface area contributed by atoms with E-state index in [0.29, 0.717) is 18.9 Å². The Kier molecular flexibility index (Phi) is 4.89. The van der Waals surface area contributed by atoms with Gasteiger partial charge in [-0.2, -0.15) is 0 Å². The maximum Gasteiger partial charge on any atom is 0.188 e. The molecule has 11 heavy (non-hydrogen) atoms. The van der Waals surface area contributed by atoms with Crippen molar-refractivity contribution < 1.29 is 9.90 Å². The average molecular weight is 158 g/mol. The van der Waals surface area contributed by atoms with Gasteiger partial charge in [-0.05, 0) is 12.8 Å². The Bertz CT molecular complexity index is 156. The second-order valence-corrected chi connectivity index (χ2v) is 2.01. The minimum Gasteiger partial charge on any atom is -0.550 e. The number of aliphatic imine (C=N–C) groups is 1. The molecule has 0 amide bonds. The van der Waals surface area contributed by atoms with E-state index in [1.807, 2.05) is 0 Å². The number of rotatable bonds is 4. The van der Waals surface area contributed by atoms with Gasteiger partial charge < -0.3 is 21.0 Å². The Morgan fingerprint density at radius 2 is 2.36 bits per heavy atom. The highest BCUT2D eigenvalue weighted by Crippen LogP contribution is 1.82. The molecule has 0 fully saturated rings. The van der Waals surface area contributed by atoms with E-state index < -0.39 is 5.97 Å². The molecule has 64 valence electrons. The van der Waals surface area contributed by atoms with Crippen molar-refractivity contribution in [2.24, 2.45) is 10.7 Å². The van der Waals surface area contributed by atoms with Gasteiger partial charge in [0.25, 0.3) is 0 Å². The van der Waals surface area contributed by atoms with Gasteiger partial charge in [0.1, 0.15) is 0 Å². The fourth-order valence-corrected chi connectivity index (χ4v) is 0.528. The third-order valence-electron chi connectivity index (χ3n) is 1.10. The number of aliphatic carboxylic acids is 1. The highest BCUT2D eigenvalue weighted by atomic mass is 16.4. The van der Waals surface area contributed by atoms with Crippen LogP contribution in [0.4, 0.5) is 0 Å². The van der Waals surface area contributed by atoms with Crippen LogP contribution in [0.25, 0.3) is 0 Å². The van der Waals surface area contributed by atoms with Crippen molar-refractivity contribution in [3.05, 3.63) is 0 Å². The van der Waals surface area contributed by atoms with Gasteiger partial charge in [-0.3, -0.25) is 4.99 Å². The number of hydrogen-bond donors (Lipinski definition) is 2. The number of nitrogens with two attached hydrogens (primary N) is 1. The average Bonchev–Trinajstić information content (AvgIpc) is 1.97. The van der Waals surface area contributed by atoms with Crippen molar-refractivity contribution in [2.75, 3.05) is 13.6 Å². The number of nitrogens with one attached hydrogen (secondary N) is 1. The number of carboxylic acid groups (broad SMARTS) is 1. The molecule has 0 aliphatic rings. The van der Waals surface area contributed by atoms with Gasteiger partial charge in [-0.1, -0.05) is 0 Å². The van der Waals surface area contributed by atoms with Gasteiger partial charge in [-0.15, -0.1) is 0 Å². The lowest BCUT2D eigenvalue weighted by Gasteiger charge is -2.04. The van der Waals surface area contributed by atoms with Crippen molar-refractivity contribution in [2.45, 2.75) is 12.8 Å². The predicted molar refractivity (Wildman–Crippen MR) is 39.8 cm³/mol. The zero-order valence-corrected chi connectivity index (χ0v) is 6.46. The molecule has 0 radical (unpaired) electrons. The summed E-state index contributed by atoms with van der Waals surface area (Å²) >= 11 is 0. The minimum atomic E-state index is -1.04. The Labute approximate surface area is 65.3 Å². The van der Waals surface area contributed by atoms with Gasteiger partial charge in [0.05, 0.1) is 0 Å². The number of carboxylic acids is 1. The van der Waals surface area contributed by atoms with E-state index in [1.165, 1.54) is 0 Å². The molecule has 0 bridgehead atoms. The minimum absolute atomic E-state index is 0.0456. The van der Waals surface area contributed by atoms with E-state index in [2.05, 4.69) is 10.3 Å². The molecule has 0 aliphatic carbocycles. The first-order chi connectivity index (χ1) is 5.16. The lowest BCUT2D eigenvalue weighted by Crippen LogP contribution is -2.33. The molecule has 3 N–H and O–H groups in total. The van der Waals surface area contributed by atoms with Crippen molar-refractivity contribution >= 4 is 11.9 Å². The van der Waals surface area contributed by atoms with Crippen molar-refractivity contribution in [3.63, 3.8) is 0 Å². The number of carbonyl (C=O) groups is 1. The smallest absolute Gasteiger partial charge is 0.188 e. The topological polar surface area (TPSA) is 90.5 Å². The van der Waals surface area contributed by atoms with Crippen LogP contribution in [0, 0.1) is 0 Å². The summed E-state index contributed by atoms with van der Waals surface area (Å²) in [6.45, 7) is 0.511. The molecule has 0 unspecified atom stereocenters. The molecule has 0 aromatic carbocycles. The summed E-state index contributed by atoms with van der Waals surface area (Å²) in [7, 11) is 1.56. The third kappa shape index (κ3) is 6.63. The molecule has 0 aliphatic heterocycles. The molecule has 0 aromatic rings. The zero-order chi connectivity index (χ0) is 8.69. The SMILES string of the molecule is CN=C(N)NCCCC(=O)[O-]. The van der Waals surface area contributed by atoms with Crippen LogP contribution in [-0.2, 0) is 4.79 Å². The summed E-state index contributed by atoms with van der Waals surface area (Å²) in [5, 5.41) is 12.6. The molecule has 0 spiro atoms. The van der Waals surface area contributed by atoms with E-state index in [-0.39, 0.29) is 6.42 Å². The number of guanidine groups is 1. The predicted octanol–water partition coefficient (Wildman–Crippen LogP) is -1.95. The highest BCUT2D eigenvalue weighted by Gasteiger charge is 1.89. The van der Waals surface area contributed by atoms with Crippen LogP contribution in [0.3, 0.4) is 0 Å². The Hall–Kier alpha value is -1.26. The third-order valence-corrected chi connectivity index (χ3v) is 1.10. The van der Waals surface area contributed by atoms with E-state index in [9.17, 15) is 9.90 Å². The van der Waals surface area contributed by atoms with E-state index in [0.717, 1.165) is 0 Å². The maximum atomic E-state index is 9.91. The molecule has 0 heterocycles. The quantitative estimate of drug-likeness (QED) is 0.282. The molecular formula is C6H12N3O2-. The first-order valence-corrected chi connectivity index (χ1v) is 3.32. The molecule has 0 atom stereocenters. The Morgan fingerprint density at radius 3 is 2.82 bits per heavy atom. The van der Waals surface area contributed by atoms with Gasteiger partial charge in [0.2, 0.25) is 0 Å². The van der Waals surface area contributed by atoms with Crippen LogP contribution < -0.4 is 16.2 Å². The van der Waals surface area contributed by atoms with Gasteiger partial charge in [0.15, 0.2) is 5.96 Å². The molecule has 0 saturated heterocycles. The summed E-state index contributed by atoms with van der Waals surface area (Å²) in [5.74, 6) is -0.720. The maximum absolute atomic E-state index is 9.91. The molecule has 0 rings (SSSR count). The van der Waals surface area contributed by atoms with E-state index in [1.54, 1.807) is 7.05 Å². The first-order valence-electron chi connectivity index (χ1n) is 3.32. The summed E-state index contributed by atoms with van der Waals surface area (Å²) in [4.78, 5) is 13.5. The summed E-state index contributed by atoms with van der Waals surface area (Å²) < 4.78 is 0. The van der Waals surface area contributed by atoms with Crippen LogP contribution in [-0.4, -0.2) is 25.5 Å². The zero-order valence-electron chi connectivity index (χ0n) is 6.46. The van der Waals surface area contributed by atoms with E-state index >= 15 is 0 Å². The standard InChI is InChI=1S/C6H13N3O2/c1-8-6(7)9-4-2-3-5(10)11/h2-4H2,1H3,(H,10,11)(H3,7,8,9)/p-1. The fraction of sp³-hybridized carbons (Fsp3) is 0.667. The number of hydrogen-bond acceptors (Lipinski definition) is 3. The van der Waals surface area contributed by atoms with Crippen LogP contribution in [0.5, 0.6) is 0 Å². The van der Waals surface area contributed by atoms with Crippen LogP contribution in [0.15, 0.2) is 4.99 Å². The van der Waals surface area contributed by atoms with Crippen molar-refractivity contribution in [1.29, 1.82) is 0 Å². The van der Waals surface area contributed by atoms with Crippen molar-refractivity contribution in [3.8, 4) is 0 Å². The lowest BCUT2D eigenvalue weighted by molar-refractivity contribution is -0.305. The molecular weight excluding hydrogens is 146 g/mol. The molecule has 0 saturated carbocycles. The second kappa shape index (κ2) is 5.52. The van der Waals surface area contributed by atoms with Crippen LogP contribution in [0.2, 0.25) is 0 Å². The van der Waals surface area contributed by atoms with Gasteiger partial charge in [0, 0.05) is 19.6 Å². The largest absolute Gasteiger partial charge is 0.550 e. The fourth-order valence-electron chi connectivity index (χ4n) is 0.528. The highest BCUT2D eigenvalue weighted by molar-refractivity contribution is 5.77. The Balaban J connectivity index is 3.21. The Morgan fingerprint density at radius 1 is 1.73 bits per heavy atom. The second-order valence-electron chi connectivity index (χ2n) is 2.01. The normalized spacial score (nSPS) is 11.2. The summed E-state index contributed by atoms with van der Waals surface area (Å²) in [6, 6.07) is 0. The molecule has 0 aromatic heterocycles. The van der Waals surface area contributed by atoms with Gasteiger partial charge in [-0.25, -0.2) is 0 Å². The van der Waals surface area contributed by atoms with Crippen LogP contribution in [0.1, 0.15) is 12.8 Å². The number of carbonyl (C=O) groups excluding carboxylic acids is 1. The lowest BCUT2D eigenvalue weighted by atomic mass is 10.3. The monoisotopic (exact) mass is 158 g/mol. The molecule has 5 heteroatoms. The number of nitrogens with zero attached hydrogens (tertiary/aromatic N) is 1. The summed E-state index contributed by atoms with van der Waals surface area (Å²) in [6.07, 6.45) is 0.544. The van der Waals surface area contributed by atoms with Crippen LogP contribution >= 0.6 is 0 Å². The molecule has 5 nitrogen and oxygen atoms in total. The van der Waals surface area contributed by atoms with E-state index in [4.69, 9.17) is 5.73 Å². The van der Waals surface area contributed by atoms with Crippen molar-refractivity contribution in [1.82, 2.24) is 5.32 Å². The summed E-state index contributed by atoms with van der Waals surface area (Å²) in [5.41, 5.74) is 5.27. The van der Waals surface area contributed by atoms with Gasteiger partial charge >= 0.3 is 0 Å². The first kappa shape index (κ1) is 9.74.